The van der Waals surface area contributed by atoms with Gasteiger partial charge in [0.15, 0.2) is 0 Å². The Labute approximate surface area is 137 Å². The smallest absolute Gasteiger partial charge is 0.133 e. The molecule has 0 amide bonds. The molecule has 1 unspecified atom stereocenters. The maximum absolute atomic E-state index is 11.8. The minimum absolute atomic E-state index is 0.0557. The maximum atomic E-state index is 11.8. The summed E-state index contributed by atoms with van der Waals surface area (Å²) in [5, 5.41) is 11.8. The maximum Gasteiger partial charge on any atom is 0.133 e. The highest BCUT2D eigenvalue weighted by Crippen LogP contribution is 2.36. The molecule has 23 heavy (non-hydrogen) atoms. The van der Waals surface area contributed by atoms with Gasteiger partial charge in [0.25, 0.3) is 0 Å². The van der Waals surface area contributed by atoms with Gasteiger partial charge in [0.1, 0.15) is 5.60 Å². The van der Waals surface area contributed by atoms with Crippen molar-refractivity contribution in [2.75, 3.05) is 26.3 Å². The lowest BCUT2D eigenvalue weighted by Gasteiger charge is -2.44. The Morgan fingerprint density at radius 2 is 1.70 bits per heavy atom. The topological polar surface area (TPSA) is 58.5 Å². The number of hydrogen-bond acceptors (Lipinski definition) is 5. The summed E-state index contributed by atoms with van der Waals surface area (Å²) < 4.78 is 5.47. The van der Waals surface area contributed by atoms with E-state index in [0.717, 1.165) is 30.6 Å². The van der Waals surface area contributed by atoms with Crippen LogP contribution < -0.4 is 0 Å². The molecule has 0 aliphatic carbocycles. The lowest BCUT2D eigenvalue weighted by Crippen LogP contribution is -2.54. The van der Waals surface area contributed by atoms with E-state index in [4.69, 9.17) is 4.74 Å². The second kappa shape index (κ2) is 7.17. The van der Waals surface area contributed by atoms with Crippen LogP contribution in [0, 0.1) is 0 Å². The number of ether oxygens (including phenoxy) is 1. The van der Waals surface area contributed by atoms with Gasteiger partial charge in [-0.05, 0) is 18.6 Å². The predicted octanol–water partition coefficient (Wildman–Crippen LogP) is 1.82. The molecule has 1 aliphatic heterocycles. The third-order valence-corrected chi connectivity index (χ3v) is 4.56. The van der Waals surface area contributed by atoms with Crippen molar-refractivity contribution >= 4 is 0 Å². The SMILES string of the molecule is CCC(N1CCOCC1)C(O)(c1cccnc1)c1cccnc1. The van der Waals surface area contributed by atoms with Crippen LogP contribution >= 0.6 is 0 Å². The number of aromatic nitrogens is 2. The number of aliphatic hydroxyl groups is 1. The molecule has 0 spiro atoms. The van der Waals surface area contributed by atoms with E-state index in [9.17, 15) is 5.11 Å². The first-order chi connectivity index (χ1) is 11.3. The second-order valence-corrected chi connectivity index (χ2v) is 5.82. The van der Waals surface area contributed by atoms with Crippen LogP contribution in [0.1, 0.15) is 24.5 Å². The molecule has 1 aliphatic rings. The monoisotopic (exact) mass is 313 g/mol. The molecule has 5 nitrogen and oxygen atoms in total. The Morgan fingerprint density at radius 3 is 2.13 bits per heavy atom. The number of hydrogen-bond donors (Lipinski definition) is 1. The van der Waals surface area contributed by atoms with Crippen LogP contribution in [0.2, 0.25) is 0 Å². The Bertz CT molecular complexity index is 561. The van der Waals surface area contributed by atoms with Crippen molar-refractivity contribution in [3.05, 3.63) is 60.2 Å². The van der Waals surface area contributed by atoms with Crippen molar-refractivity contribution in [3.8, 4) is 0 Å². The average molecular weight is 313 g/mol. The van der Waals surface area contributed by atoms with Crippen molar-refractivity contribution in [2.24, 2.45) is 0 Å². The molecule has 0 saturated carbocycles. The van der Waals surface area contributed by atoms with Gasteiger partial charge < -0.3 is 9.84 Å². The van der Waals surface area contributed by atoms with Gasteiger partial charge in [0, 0.05) is 55.0 Å². The fourth-order valence-electron chi connectivity index (χ4n) is 3.43. The van der Waals surface area contributed by atoms with E-state index >= 15 is 0 Å². The third kappa shape index (κ3) is 3.13. The van der Waals surface area contributed by atoms with Crippen LogP contribution in [0.4, 0.5) is 0 Å². The zero-order valence-corrected chi connectivity index (χ0v) is 13.4. The lowest BCUT2D eigenvalue weighted by molar-refractivity contribution is -0.0614. The van der Waals surface area contributed by atoms with Crippen LogP contribution in [0.25, 0.3) is 0 Å². The van der Waals surface area contributed by atoms with E-state index in [0.29, 0.717) is 13.2 Å². The van der Waals surface area contributed by atoms with E-state index in [1.165, 1.54) is 0 Å². The standard InChI is InChI=1S/C18H23N3O2/c1-2-17(21-9-11-23-12-10-21)18(22,15-5-3-7-19-13-15)16-6-4-8-20-14-16/h3-8,13-14,17,22H,2,9-12H2,1H3. The molecule has 0 bridgehead atoms. The van der Waals surface area contributed by atoms with Gasteiger partial charge in [0.05, 0.1) is 13.2 Å². The molecule has 3 heterocycles. The van der Waals surface area contributed by atoms with Gasteiger partial charge in [-0.15, -0.1) is 0 Å². The van der Waals surface area contributed by atoms with Gasteiger partial charge in [-0.1, -0.05) is 19.1 Å². The molecule has 0 radical (unpaired) electrons. The summed E-state index contributed by atoms with van der Waals surface area (Å²) >= 11 is 0. The zero-order chi connectivity index (χ0) is 16.1. The summed E-state index contributed by atoms with van der Waals surface area (Å²) in [6, 6.07) is 7.54. The molecule has 122 valence electrons. The fraction of sp³-hybridized carbons (Fsp3) is 0.444. The Morgan fingerprint density at radius 1 is 1.13 bits per heavy atom. The van der Waals surface area contributed by atoms with Crippen LogP contribution in [0.15, 0.2) is 49.1 Å². The zero-order valence-electron chi connectivity index (χ0n) is 13.4. The molecule has 5 heteroatoms. The second-order valence-electron chi connectivity index (χ2n) is 5.82. The largest absolute Gasteiger partial charge is 0.379 e. The van der Waals surface area contributed by atoms with Crippen LogP contribution in [0.3, 0.4) is 0 Å². The Hall–Kier alpha value is -1.82. The molecule has 3 rings (SSSR count). The first-order valence-corrected chi connectivity index (χ1v) is 8.12. The summed E-state index contributed by atoms with van der Waals surface area (Å²) in [6.45, 7) is 5.15. The van der Waals surface area contributed by atoms with E-state index in [1.807, 2.05) is 24.3 Å². The van der Waals surface area contributed by atoms with Gasteiger partial charge in [-0.25, -0.2) is 0 Å². The van der Waals surface area contributed by atoms with Crippen molar-refractivity contribution in [3.63, 3.8) is 0 Å². The summed E-state index contributed by atoms with van der Waals surface area (Å²) in [5.74, 6) is 0. The highest BCUT2D eigenvalue weighted by Gasteiger charge is 2.43. The minimum atomic E-state index is -1.14. The van der Waals surface area contributed by atoms with Gasteiger partial charge in [-0.2, -0.15) is 0 Å². The molecule has 1 atom stereocenters. The minimum Gasteiger partial charge on any atom is -0.379 e. The molecule has 1 fully saturated rings. The third-order valence-electron chi connectivity index (χ3n) is 4.56. The predicted molar refractivity (Wildman–Crippen MR) is 87.9 cm³/mol. The summed E-state index contributed by atoms with van der Waals surface area (Å²) in [5.41, 5.74) is 0.451. The number of nitrogens with zero attached hydrogens (tertiary/aromatic N) is 3. The number of morpholine rings is 1. The van der Waals surface area contributed by atoms with Gasteiger partial charge in [-0.3, -0.25) is 14.9 Å². The number of pyridine rings is 2. The van der Waals surface area contributed by atoms with Crippen molar-refractivity contribution < 1.29 is 9.84 Å². The molecule has 1 saturated heterocycles. The van der Waals surface area contributed by atoms with Crippen LogP contribution in [-0.2, 0) is 10.3 Å². The van der Waals surface area contributed by atoms with E-state index in [2.05, 4.69) is 21.8 Å². The summed E-state index contributed by atoms with van der Waals surface area (Å²) in [7, 11) is 0. The average Bonchev–Trinajstić information content (AvgIpc) is 2.64. The van der Waals surface area contributed by atoms with Crippen LogP contribution in [-0.4, -0.2) is 52.3 Å². The summed E-state index contributed by atoms with van der Waals surface area (Å²) in [6.07, 6.45) is 7.76. The van der Waals surface area contributed by atoms with Crippen molar-refractivity contribution in [1.29, 1.82) is 0 Å². The molecular formula is C18H23N3O2. The lowest BCUT2D eigenvalue weighted by atomic mass is 9.79. The first kappa shape index (κ1) is 16.1. The molecule has 2 aromatic rings. The molecular weight excluding hydrogens is 290 g/mol. The molecule has 0 aromatic carbocycles. The summed E-state index contributed by atoms with van der Waals surface area (Å²) in [4.78, 5) is 10.7. The fourth-order valence-corrected chi connectivity index (χ4v) is 3.43. The highest BCUT2D eigenvalue weighted by molar-refractivity contribution is 5.35. The van der Waals surface area contributed by atoms with Crippen molar-refractivity contribution in [2.45, 2.75) is 25.0 Å². The Kier molecular flexibility index (Phi) is 5.00. The quantitative estimate of drug-likeness (QED) is 0.912. The highest BCUT2D eigenvalue weighted by atomic mass is 16.5. The van der Waals surface area contributed by atoms with E-state index in [-0.39, 0.29) is 6.04 Å². The van der Waals surface area contributed by atoms with Gasteiger partial charge in [0.2, 0.25) is 0 Å². The van der Waals surface area contributed by atoms with Gasteiger partial charge >= 0.3 is 0 Å². The van der Waals surface area contributed by atoms with E-state index < -0.39 is 5.60 Å². The first-order valence-electron chi connectivity index (χ1n) is 8.12. The number of rotatable bonds is 5. The molecule has 1 N–H and O–H groups in total. The molecule has 2 aromatic heterocycles. The van der Waals surface area contributed by atoms with Crippen molar-refractivity contribution in [1.82, 2.24) is 14.9 Å². The van der Waals surface area contributed by atoms with E-state index in [1.54, 1.807) is 24.8 Å². The van der Waals surface area contributed by atoms with Crippen LogP contribution in [0.5, 0.6) is 0 Å². The normalized spacial score (nSPS) is 17.8. The Balaban J connectivity index is 2.07.